The van der Waals surface area contributed by atoms with Crippen LogP contribution in [0.5, 0.6) is 0 Å². The number of nitrogens with zero attached hydrogens (tertiary/aromatic N) is 1. The van der Waals surface area contributed by atoms with E-state index in [0.717, 1.165) is 38.5 Å². The number of fused-ring (bicyclic) bond motifs is 1. The number of H-pyrrole nitrogens is 1. The van der Waals surface area contributed by atoms with Gasteiger partial charge in [-0.3, -0.25) is 9.59 Å². The van der Waals surface area contributed by atoms with Crippen LogP contribution in [-0.2, 0) is 15.8 Å². The third-order valence-corrected chi connectivity index (χ3v) is 6.54. The first-order valence-electron chi connectivity index (χ1n) is 10.0. The Balaban J connectivity index is 1.37. The number of hydrogen-bond acceptors (Lipinski definition) is 6. The number of hydrogen-bond donors (Lipinski definition) is 3. The van der Waals surface area contributed by atoms with Crippen LogP contribution < -0.4 is 10.6 Å². The molecule has 2 atom stereocenters. The van der Waals surface area contributed by atoms with Gasteiger partial charge in [0.2, 0.25) is 11.6 Å². The molecule has 0 saturated heterocycles. The van der Waals surface area contributed by atoms with Gasteiger partial charge in [0.25, 0.3) is 0 Å². The predicted molar refractivity (Wildman–Crippen MR) is 120 cm³/mol. The number of anilines is 2. The molecule has 0 bridgehead atoms. The highest BCUT2D eigenvalue weighted by Crippen LogP contribution is 2.34. The lowest BCUT2D eigenvalue weighted by atomic mass is 9.82. The first-order valence-corrected chi connectivity index (χ1v) is 10.8. The van der Waals surface area contributed by atoms with Crippen molar-refractivity contribution >= 4 is 45.2 Å². The largest absolute Gasteiger partial charge is 0.416 e. The third kappa shape index (κ3) is 3.86. The second kappa shape index (κ2) is 7.73. The van der Waals surface area contributed by atoms with E-state index < -0.39 is 35.4 Å². The molecule has 4 aromatic rings. The van der Waals surface area contributed by atoms with Crippen LogP contribution in [-0.4, -0.2) is 33.6 Å². The molecule has 2 aromatic carbocycles. The van der Waals surface area contributed by atoms with Crippen LogP contribution in [0.15, 0.2) is 54.9 Å². The number of nitrogens with one attached hydrogen (secondary N) is 3. The summed E-state index contributed by atoms with van der Waals surface area (Å²) in [5, 5.41) is 7.78. The number of Topliss-reactive ketones (excluding diaryl/α,β-unsaturated/α-hetero) is 2. The molecule has 5 rings (SSSR count). The normalized spacial score (nSPS) is 18.4. The Kier molecular flexibility index (Phi) is 4.97. The summed E-state index contributed by atoms with van der Waals surface area (Å²) < 4.78 is 38.3. The van der Waals surface area contributed by atoms with Crippen LogP contribution in [0.4, 0.5) is 24.5 Å². The molecule has 2 heterocycles. The monoisotopic (exact) mass is 470 g/mol. The number of alkyl halides is 3. The van der Waals surface area contributed by atoms with Gasteiger partial charge in [-0.15, -0.1) is 11.3 Å². The van der Waals surface area contributed by atoms with E-state index in [2.05, 4.69) is 20.6 Å². The zero-order chi connectivity index (χ0) is 23.3. The average molecular weight is 470 g/mol. The van der Waals surface area contributed by atoms with E-state index in [-0.39, 0.29) is 0 Å². The van der Waals surface area contributed by atoms with Crippen molar-refractivity contribution < 1.29 is 22.8 Å². The van der Waals surface area contributed by atoms with Crippen molar-refractivity contribution in [3.8, 4) is 10.4 Å². The van der Waals surface area contributed by atoms with E-state index in [9.17, 15) is 22.8 Å². The van der Waals surface area contributed by atoms with Crippen LogP contribution in [0.25, 0.3) is 21.3 Å². The number of carbonyl (C=O) groups is 2. The van der Waals surface area contributed by atoms with E-state index >= 15 is 0 Å². The highest BCUT2D eigenvalue weighted by Gasteiger charge is 2.49. The number of rotatable bonds is 5. The van der Waals surface area contributed by atoms with Crippen LogP contribution in [0.2, 0.25) is 0 Å². The molecular weight excluding hydrogens is 453 g/mol. The Morgan fingerprint density at radius 2 is 1.70 bits per heavy atom. The molecule has 6 nitrogen and oxygen atoms in total. The summed E-state index contributed by atoms with van der Waals surface area (Å²) in [4.78, 5) is 32.9. The zero-order valence-electron chi connectivity index (χ0n) is 17.2. The van der Waals surface area contributed by atoms with Crippen molar-refractivity contribution in [1.82, 2.24) is 9.97 Å². The highest BCUT2D eigenvalue weighted by atomic mass is 32.1. The topological polar surface area (TPSA) is 86.9 Å². The van der Waals surface area contributed by atoms with Gasteiger partial charge in [-0.2, -0.15) is 13.2 Å². The number of aromatic nitrogens is 2. The van der Waals surface area contributed by atoms with Gasteiger partial charge in [-0.1, -0.05) is 6.07 Å². The standard InChI is InChI=1S/C23H17F3N4O2S/c1-11-27-10-18(33-11)12-2-7-16-15(8-12)17(9-28-16)30-20-19(21(31)22(20)32)29-14-5-3-13(4-6-14)23(24,25)26/h2-10,19-20,28-30H,1H3. The van der Waals surface area contributed by atoms with Gasteiger partial charge in [0.1, 0.15) is 12.1 Å². The van der Waals surface area contributed by atoms with E-state index in [1.165, 1.54) is 12.1 Å². The molecule has 1 aliphatic carbocycles. The van der Waals surface area contributed by atoms with Gasteiger partial charge in [0.15, 0.2) is 0 Å². The molecule has 0 spiro atoms. The number of carbonyl (C=O) groups excluding carboxylic acids is 2. The number of aromatic amines is 1. The maximum atomic E-state index is 12.8. The minimum Gasteiger partial charge on any atom is -0.373 e. The molecule has 10 heteroatoms. The van der Waals surface area contributed by atoms with E-state index in [0.29, 0.717) is 11.4 Å². The van der Waals surface area contributed by atoms with Crippen LogP contribution >= 0.6 is 11.3 Å². The van der Waals surface area contributed by atoms with Crippen molar-refractivity contribution in [3.63, 3.8) is 0 Å². The minimum absolute atomic E-state index is 0.322. The molecule has 1 aliphatic rings. The Morgan fingerprint density at radius 3 is 2.33 bits per heavy atom. The maximum Gasteiger partial charge on any atom is 0.416 e. The first-order chi connectivity index (χ1) is 15.7. The van der Waals surface area contributed by atoms with Crippen molar-refractivity contribution in [2.24, 2.45) is 0 Å². The lowest BCUT2D eigenvalue weighted by Gasteiger charge is -2.35. The summed E-state index contributed by atoms with van der Waals surface area (Å²) in [6.45, 7) is 1.93. The number of benzene rings is 2. The number of ketones is 2. The van der Waals surface area contributed by atoms with Gasteiger partial charge >= 0.3 is 6.18 Å². The second-order valence-electron chi connectivity index (χ2n) is 7.75. The number of aryl methyl sites for hydroxylation is 1. The molecule has 2 unspecified atom stereocenters. The Hall–Kier alpha value is -3.66. The Morgan fingerprint density at radius 1 is 1.00 bits per heavy atom. The predicted octanol–water partition coefficient (Wildman–Crippen LogP) is 5.03. The van der Waals surface area contributed by atoms with Gasteiger partial charge < -0.3 is 15.6 Å². The first kappa shape index (κ1) is 21.2. The molecule has 168 valence electrons. The van der Waals surface area contributed by atoms with Crippen LogP contribution in [0.1, 0.15) is 10.6 Å². The van der Waals surface area contributed by atoms with Gasteiger partial charge in [0, 0.05) is 29.0 Å². The SMILES string of the molecule is Cc1ncc(-c2ccc3[nH]cc(NC4C(=O)C(=O)C4Nc4ccc(C(F)(F)F)cc4)c3c2)s1. The van der Waals surface area contributed by atoms with Crippen LogP contribution in [0.3, 0.4) is 0 Å². The lowest BCUT2D eigenvalue weighted by Crippen LogP contribution is -2.64. The fourth-order valence-corrected chi connectivity index (χ4v) is 4.58. The highest BCUT2D eigenvalue weighted by molar-refractivity contribution is 7.15. The fraction of sp³-hybridized carbons (Fsp3) is 0.174. The Bertz CT molecular complexity index is 1370. The molecule has 33 heavy (non-hydrogen) atoms. The van der Waals surface area contributed by atoms with Gasteiger partial charge in [0.05, 0.1) is 21.1 Å². The van der Waals surface area contributed by atoms with E-state index in [1.807, 2.05) is 25.1 Å². The molecule has 1 fully saturated rings. The van der Waals surface area contributed by atoms with Crippen molar-refractivity contribution in [2.75, 3.05) is 10.6 Å². The maximum absolute atomic E-state index is 12.8. The molecule has 0 radical (unpaired) electrons. The molecule has 2 aromatic heterocycles. The zero-order valence-corrected chi connectivity index (χ0v) is 18.0. The summed E-state index contributed by atoms with van der Waals surface area (Å²) in [6, 6.07) is 8.50. The molecule has 0 amide bonds. The van der Waals surface area contributed by atoms with E-state index in [1.54, 1.807) is 23.7 Å². The quantitative estimate of drug-likeness (QED) is 0.356. The minimum atomic E-state index is -4.45. The smallest absolute Gasteiger partial charge is 0.373 e. The summed E-state index contributed by atoms with van der Waals surface area (Å²) in [5.74, 6) is -1.20. The molecule has 0 aliphatic heterocycles. The van der Waals surface area contributed by atoms with Crippen molar-refractivity contribution in [3.05, 3.63) is 65.4 Å². The summed E-state index contributed by atoms with van der Waals surface area (Å²) >= 11 is 1.57. The average Bonchev–Trinajstić information content (AvgIpc) is 3.41. The Labute approximate surface area is 189 Å². The molecule has 1 saturated carbocycles. The molecular formula is C23H17F3N4O2S. The summed E-state index contributed by atoms with van der Waals surface area (Å²) in [6.07, 6.45) is -0.923. The van der Waals surface area contributed by atoms with Gasteiger partial charge in [-0.05, 0) is 48.9 Å². The van der Waals surface area contributed by atoms with Crippen molar-refractivity contribution in [2.45, 2.75) is 25.2 Å². The summed E-state index contributed by atoms with van der Waals surface area (Å²) in [7, 11) is 0. The summed E-state index contributed by atoms with van der Waals surface area (Å²) in [5.41, 5.74) is 2.02. The second-order valence-corrected chi connectivity index (χ2v) is 8.99. The number of thiazole rings is 1. The number of halogens is 3. The third-order valence-electron chi connectivity index (χ3n) is 5.57. The fourth-order valence-electron chi connectivity index (χ4n) is 3.80. The van der Waals surface area contributed by atoms with Gasteiger partial charge in [-0.25, -0.2) is 4.98 Å². The molecule has 3 N–H and O–H groups in total. The van der Waals surface area contributed by atoms with Crippen molar-refractivity contribution in [1.29, 1.82) is 0 Å². The lowest BCUT2D eigenvalue weighted by molar-refractivity contribution is -0.144. The van der Waals surface area contributed by atoms with E-state index in [4.69, 9.17) is 0 Å². The van der Waals surface area contributed by atoms with Crippen LogP contribution in [0, 0.1) is 6.92 Å².